The van der Waals surface area contributed by atoms with Crippen molar-refractivity contribution in [2.75, 3.05) is 5.88 Å². The van der Waals surface area contributed by atoms with E-state index in [9.17, 15) is 4.79 Å². The molecule has 2 rings (SSSR count). The van der Waals surface area contributed by atoms with Crippen molar-refractivity contribution in [2.45, 2.75) is 26.8 Å². The summed E-state index contributed by atoms with van der Waals surface area (Å²) in [7, 11) is 0. The highest BCUT2D eigenvalue weighted by molar-refractivity contribution is 6.35. The number of carbonyl (C=O) groups is 1. The van der Waals surface area contributed by atoms with Gasteiger partial charge in [-0.15, -0.1) is 11.6 Å². The SMILES string of the molecule is CC(C)(Cn1c(CCCl)nc2cccc(Cl)c21)C(N)=O. The van der Waals surface area contributed by atoms with Crippen molar-refractivity contribution in [3.63, 3.8) is 0 Å². The molecular weight excluding hydrogens is 297 g/mol. The molecule has 0 bridgehead atoms. The third kappa shape index (κ3) is 2.76. The van der Waals surface area contributed by atoms with Crippen LogP contribution in [0.25, 0.3) is 11.0 Å². The van der Waals surface area contributed by atoms with E-state index in [0.29, 0.717) is 23.9 Å². The number of carbonyl (C=O) groups excluding carboxylic acids is 1. The monoisotopic (exact) mass is 313 g/mol. The van der Waals surface area contributed by atoms with Gasteiger partial charge in [-0.05, 0) is 26.0 Å². The highest BCUT2D eigenvalue weighted by atomic mass is 35.5. The lowest BCUT2D eigenvalue weighted by Crippen LogP contribution is -2.35. The number of nitrogens with two attached hydrogens (primary N) is 1. The molecule has 0 saturated carbocycles. The maximum Gasteiger partial charge on any atom is 0.224 e. The Morgan fingerprint density at radius 2 is 2.15 bits per heavy atom. The molecule has 108 valence electrons. The van der Waals surface area contributed by atoms with Crippen molar-refractivity contribution in [3.05, 3.63) is 29.0 Å². The molecule has 4 nitrogen and oxygen atoms in total. The summed E-state index contributed by atoms with van der Waals surface area (Å²) in [6, 6.07) is 5.56. The lowest BCUT2D eigenvalue weighted by Gasteiger charge is -2.23. The molecule has 0 aliphatic heterocycles. The number of alkyl halides is 1. The summed E-state index contributed by atoms with van der Waals surface area (Å²) >= 11 is 12.1. The highest BCUT2D eigenvalue weighted by Crippen LogP contribution is 2.28. The number of aryl methyl sites for hydroxylation is 1. The van der Waals surface area contributed by atoms with Crippen LogP contribution in [0.5, 0.6) is 0 Å². The van der Waals surface area contributed by atoms with Crippen molar-refractivity contribution in [3.8, 4) is 0 Å². The van der Waals surface area contributed by atoms with Gasteiger partial charge in [0.05, 0.1) is 21.5 Å². The van der Waals surface area contributed by atoms with Crippen molar-refractivity contribution < 1.29 is 4.79 Å². The van der Waals surface area contributed by atoms with Gasteiger partial charge in [0.15, 0.2) is 0 Å². The summed E-state index contributed by atoms with van der Waals surface area (Å²) in [6.45, 7) is 4.04. The Morgan fingerprint density at radius 3 is 2.75 bits per heavy atom. The van der Waals surface area contributed by atoms with Crippen LogP contribution in [-0.2, 0) is 17.8 Å². The molecule has 2 aromatic rings. The van der Waals surface area contributed by atoms with E-state index in [1.165, 1.54) is 0 Å². The third-order valence-electron chi connectivity index (χ3n) is 3.34. The number of halogens is 2. The standard InChI is InChI=1S/C14H17Cl2N3O/c1-14(2,13(17)20)8-19-11(6-7-15)18-10-5-3-4-9(16)12(10)19/h3-5H,6-8H2,1-2H3,(H2,17,20). The summed E-state index contributed by atoms with van der Waals surface area (Å²) in [5, 5.41) is 0.607. The van der Waals surface area contributed by atoms with Crippen molar-refractivity contribution in [2.24, 2.45) is 11.1 Å². The van der Waals surface area contributed by atoms with Crippen LogP contribution < -0.4 is 5.73 Å². The van der Waals surface area contributed by atoms with Gasteiger partial charge in [-0.2, -0.15) is 0 Å². The second-order valence-electron chi connectivity index (χ2n) is 5.41. The molecule has 0 fully saturated rings. The minimum Gasteiger partial charge on any atom is -0.369 e. The van der Waals surface area contributed by atoms with Crippen LogP contribution in [0.15, 0.2) is 18.2 Å². The lowest BCUT2D eigenvalue weighted by molar-refractivity contribution is -0.126. The topological polar surface area (TPSA) is 60.9 Å². The molecule has 0 radical (unpaired) electrons. The minimum atomic E-state index is -0.687. The smallest absolute Gasteiger partial charge is 0.224 e. The lowest BCUT2D eigenvalue weighted by atomic mass is 9.92. The minimum absolute atomic E-state index is 0.358. The van der Waals surface area contributed by atoms with E-state index in [-0.39, 0.29) is 5.91 Å². The number of benzene rings is 1. The normalized spacial score (nSPS) is 12.0. The Labute approximate surface area is 127 Å². The molecule has 20 heavy (non-hydrogen) atoms. The first kappa shape index (κ1) is 15.1. The van der Waals surface area contributed by atoms with E-state index in [2.05, 4.69) is 4.98 Å². The second kappa shape index (κ2) is 5.62. The summed E-state index contributed by atoms with van der Waals surface area (Å²) in [4.78, 5) is 16.1. The molecule has 1 amide bonds. The Kier molecular flexibility index (Phi) is 4.25. The Balaban J connectivity index is 2.59. The van der Waals surface area contributed by atoms with Crippen LogP contribution in [0.1, 0.15) is 19.7 Å². The molecule has 1 heterocycles. The van der Waals surface area contributed by atoms with Gasteiger partial charge in [0, 0.05) is 18.8 Å². The van der Waals surface area contributed by atoms with Gasteiger partial charge in [-0.1, -0.05) is 17.7 Å². The van der Waals surface area contributed by atoms with Gasteiger partial charge in [0.1, 0.15) is 5.82 Å². The quantitative estimate of drug-likeness (QED) is 0.863. The molecule has 0 spiro atoms. The summed E-state index contributed by atoms with van der Waals surface area (Å²) in [5.74, 6) is 0.915. The van der Waals surface area contributed by atoms with Crippen LogP contribution in [0.4, 0.5) is 0 Å². The molecule has 0 aliphatic rings. The fourth-order valence-electron chi connectivity index (χ4n) is 2.11. The number of hydrogen-bond donors (Lipinski definition) is 1. The van der Waals surface area contributed by atoms with Gasteiger partial charge in [-0.3, -0.25) is 4.79 Å². The predicted molar refractivity (Wildman–Crippen MR) is 82.1 cm³/mol. The van der Waals surface area contributed by atoms with Gasteiger partial charge < -0.3 is 10.3 Å². The first-order chi connectivity index (χ1) is 9.36. The summed E-state index contributed by atoms with van der Waals surface area (Å²) in [5.41, 5.74) is 6.40. The average molecular weight is 314 g/mol. The number of imidazole rings is 1. The molecule has 0 saturated heterocycles. The molecule has 2 N–H and O–H groups in total. The third-order valence-corrected chi connectivity index (χ3v) is 3.83. The molecule has 1 aromatic heterocycles. The number of rotatable bonds is 5. The Hall–Kier alpha value is -1.26. The number of para-hydroxylation sites is 1. The molecule has 0 atom stereocenters. The average Bonchev–Trinajstić information content (AvgIpc) is 2.68. The molecule has 6 heteroatoms. The van der Waals surface area contributed by atoms with Crippen LogP contribution in [0.3, 0.4) is 0 Å². The number of fused-ring (bicyclic) bond motifs is 1. The van der Waals surface area contributed by atoms with E-state index in [0.717, 1.165) is 16.9 Å². The molecule has 0 aliphatic carbocycles. The number of amides is 1. The Bertz CT molecular complexity index is 649. The van der Waals surface area contributed by atoms with Crippen molar-refractivity contribution >= 4 is 40.1 Å². The van der Waals surface area contributed by atoms with E-state index in [1.807, 2.05) is 36.6 Å². The number of primary amides is 1. The summed E-state index contributed by atoms with van der Waals surface area (Å²) < 4.78 is 1.95. The first-order valence-electron chi connectivity index (χ1n) is 6.36. The van der Waals surface area contributed by atoms with E-state index in [1.54, 1.807) is 0 Å². The fourth-order valence-corrected chi connectivity index (χ4v) is 2.55. The number of nitrogens with zero attached hydrogens (tertiary/aromatic N) is 2. The van der Waals surface area contributed by atoms with Crippen LogP contribution >= 0.6 is 23.2 Å². The first-order valence-corrected chi connectivity index (χ1v) is 7.27. The van der Waals surface area contributed by atoms with Crippen LogP contribution in [0.2, 0.25) is 5.02 Å². The van der Waals surface area contributed by atoms with Gasteiger partial charge >= 0.3 is 0 Å². The maximum atomic E-state index is 11.6. The highest BCUT2D eigenvalue weighted by Gasteiger charge is 2.28. The van der Waals surface area contributed by atoms with Crippen molar-refractivity contribution in [1.29, 1.82) is 0 Å². The molecule has 1 aromatic carbocycles. The van der Waals surface area contributed by atoms with Crippen LogP contribution in [-0.4, -0.2) is 21.3 Å². The van der Waals surface area contributed by atoms with Gasteiger partial charge in [0.25, 0.3) is 0 Å². The molecule has 0 unspecified atom stereocenters. The maximum absolute atomic E-state index is 11.6. The van der Waals surface area contributed by atoms with E-state index < -0.39 is 5.41 Å². The second-order valence-corrected chi connectivity index (χ2v) is 6.19. The van der Waals surface area contributed by atoms with Gasteiger partial charge in [0.2, 0.25) is 5.91 Å². The van der Waals surface area contributed by atoms with Gasteiger partial charge in [-0.25, -0.2) is 4.98 Å². The summed E-state index contributed by atoms with van der Waals surface area (Å²) in [6.07, 6.45) is 0.613. The number of aromatic nitrogens is 2. The Morgan fingerprint density at radius 1 is 1.45 bits per heavy atom. The largest absolute Gasteiger partial charge is 0.369 e. The zero-order chi connectivity index (χ0) is 14.9. The zero-order valence-electron chi connectivity index (χ0n) is 11.5. The predicted octanol–water partition coefficient (Wildman–Crippen LogP) is 2.98. The van der Waals surface area contributed by atoms with Crippen molar-refractivity contribution in [1.82, 2.24) is 9.55 Å². The number of hydrogen-bond acceptors (Lipinski definition) is 2. The zero-order valence-corrected chi connectivity index (χ0v) is 13.0. The molecular formula is C14H17Cl2N3O. The van der Waals surface area contributed by atoms with E-state index in [4.69, 9.17) is 28.9 Å². The van der Waals surface area contributed by atoms with Crippen LogP contribution in [0, 0.1) is 5.41 Å². The van der Waals surface area contributed by atoms with E-state index >= 15 is 0 Å². The fraction of sp³-hybridized carbons (Fsp3) is 0.429.